The van der Waals surface area contributed by atoms with Crippen molar-refractivity contribution in [2.75, 3.05) is 42.3 Å². The van der Waals surface area contributed by atoms with Crippen LogP contribution in [0.5, 0.6) is 5.75 Å². The first-order chi connectivity index (χ1) is 17.8. The van der Waals surface area contributed by atoms with Gasteiger partial charge in [-0.15, -0.1) is 0 Å². The third kappa shape index (κ3) is 4.87. The summed E-state index contributed by atoms with van der Waals surface area (Å²) < 4.78 is 20.8. The first-order valence-corrected chi connectivity index (χ1v) is 12.0. The maximum Gasteiger partial charge on any atom is 0.231 e. The van der Waals surface area contributed by atoms with Crippen LogP contribution in [0.25, 0.3) is 5.82 Å². The number of nitrogens with one attached hydrogen (secondary N) is 2. The van der Waals surface area contributed by atoms with Crippen LogP contribution in [0.2, 0.25) is 5.15 Å². The number of rotatable bonds is 8. The molecule has 1 aliphatic rings. The quantitative estimate of drug-likeness (QED) is 0.308. The predicted molar refractivity (Wildman–Crippen MR) is 140 cm³/mol. The number of benzene rings is 1. The molecule has 1 aliphatic heterocycles. The zero-order valence-electron chi connectivity index (χ0n) is 20.5. The van der Waals surface area contributed by atoms with Gasteiger partial charge in [0.2, 0.25) is 5.95 Å². The fourth-order valence-electron chi connectivity index (χ4n) is 4.40. The second-order valence-corrected chi connectivity index (χ2v) is 9.56. The van der Waals surface area contributed by atoms with E-state index in [1.807, 2.05) is 4.90 Å². The van der Waals surface area contributed by atoms with E-state index in [0.717, 1.165) is 11.3 Å². The molecule has 0 saturated carbocycles. The Hall–Kier alpha value is -3.96. The summed E-state index contributed by atoms with van der Waals surface area (Å²) in [6.45, 7) is 5.10. The number of hydrogen-bond donors (Lipinski definition) is 3. The van der Waals surface area contributed by atoms with Crippen LogP contribution in [0, 0.1) is 5.82 Å². The zero-order chi connectivity index (χ0) is 26.2. The summed E-state index contributed by atoms with van der Waals surface area (Å²) in [7, 11) is 1.55. The summed E-state index contributed by atoms with van der Waals surface area (Å²) >= 11 is 5.95. The van der Waals surface area contributed by atoms with Gasteiger partial charge in [0.25, 0.3) is 0 Å². The molecule has 0 atom stereocenters. The van der Waals surface area contributed by atoms with Crippen LogP contribution in [-0.2, 0) is 5.41 Å². The third-order valence-corrected chi connectivity index (χ3v) is 6.22. The molecule has 0 unspecified atom stereocenters. The Balaban J connectivity index is 1.55. The van der Waals surface area contributed by atoms with Gasteiger partial charge in [-0.05, 0) is 24.3 Å². The lowest BCUT2D eigenvalue weighted by Crippen LogP contribution is -2.25. The first-order valence-electron chi connectivity index (χ1n) is 11.6. The maximum atomic E-state index is 13.6. The molecule has 4 aromatic rings. The minimum Gasteiger partial charge on any atom is -0.493 e. The topological polar surface area (TPSA) is 113 Å². The van der Waals surface area contributed by atoms with Gasteiger partial charge < -0.3 is 25.4 Å². The van der Waals surface area contributed by atoms with Crippen LogP contribution in [-0.4, -0.2) is 56.4 Å². The number of methoxy groups -OCH3 is 1. The molecule has 0 aliphatic carbocycles. The summed E-state index contributed by atoms with van der Waals surface area (Å²) in [5.74, 6) is 2.34. The summed E-state index contributed by atoms with van der Waals surface area (Å²) in [6.07, 6.45) is 4.81. The smallest absolute Gasteiger partial charge is 0.231 e. The molecule has 5 rings (SSSR count). The lowest BCUT2D eigenvalue weighted by molar-refractivity contribution is 0.311. The van der Waals surface area contributed by atoms with E-state index >= 15 is 0 Å². The van der Waals surface area contributed by atoms with E-state index < -0.39 is 0 Å². The number of nitrogens with zero attached hydrogens (tertiary/aromatic N) is 6. The number of hydrogen-bond acceptors (Lipinski definition) is 9. The van der Waals surface area contributed by atoms with Crippen molar-refractivity contribution in [1.29, 1.82) is 0 Å². The number of ether oxygens (including phenoxy) is 1. The molecule has 37 heavy (non-hydrogen) atoms. The van der Waals surface area contributed by atoms with Crippen LogP contribution in [0.3, 0.4) is 0 Å². The SMILES string of the molecule is COc1cc(Nc2nc(NCCO)c3c(n2)N(c2ccc(F)cc2)CC3(C)C)cnc1-n1cnc(Cl)c1. The standard InChI is InChI=1S/C25H26ClFN8O2/c1-25(2)13-35(17-6-4-15(27)5-7-17)23-20(25)21(28-8-9-36)32-24(33-23)31-16-10-18(37-3)22(29-11-16)34-12-19(26)30-14-34/h4-7,10-12,14,36H,8-9,13H2,1-3H3,(H2,28,31,32,33). The Morgan fingerprint density at radius 3 is 2.62 bits per heavy atom. The minimum absolute atomic E-state index is 0.0511. The van der Waals surface area contributed by atoms with Gasteiger partial charge >= 0.3 is 0 Å². The van der Waals surface area contributed by atoms with Gasteiger partial charge in [-0.25, -0.2) is 14.4 Å². The Kier molecular flexibility index (Phi) is 6.57. The lowest BCUT2D eigenvalue weighted by Gasteiger charge is -2.22. The van der Waals surface area contributed by atoms with E-state index in [-0.39, 0.29) is 17.8 Å². The van der Waals surface area contributed by atoms with Gasteiger partial charge in [0.05, 0.1) is 25.6 Å². The summed E-state index contributed by atoms with van der Waals surface area (Å²) in [6, 6.07) is 8.09. The lowest BCUT2D eigenvalue weighted by atomic mass is 9.88. The van der Waals surface area contributed by atoms with Crippen LogP contribution in [0.15, 0.2) is 49.1 Å². The van der Waals surface area contributed by atoms with Crippen molar-refractivity contribution >= 4 is 40.6 Å². The molecule has 0 amide bonds. The predicted octanol–water partition coefficient (Wildman–Crippen LogP) is 4.44. The van der Waals surface area contributed by atoms with E-state index in [1.54, 1.807) is 48.6 Å². The molecule has 12 heteroatoms. The number of halogens is 2. The van der Waals surface area contributed by atoms with Gasteiger partial charge in [-0.2, -0.15) is 9.97 Å². The number of aliphatic hydroxyl groups is 1. The molecule has 4 heterocycles. The van der Waals surface area contributed by atoms with Gasteiger partial charge in [-0.3, -0.25) is 4.57 Å². The van der Waals surface area contributed by atoms with Crippen molar-refractivity contribution in [2.45, 2.75) is 19.3 Å². The van der Waals surface area contributed by atoms with E-state index in [9.17, 15) is 9.50 Å². The summed E-state index contributed by atoms with van der Waals surface area (Å²) in [4.78, 5) is 20.1. The fraction of sp³-hybridized carbons (Fsp3) is 0.280. The largest absolute Gasteiger partial charge is 0.493 e. The molecule has 0 fully saturated rings. The van der Waals surface area contributed by atoms with Gasteiger partial charge in [0.15, 0.2) is 11.6 Å². The van der Waals surface area contributed by atoms with Crippen molar-refractivity contribution in [3.8, 4) is 11.6 Å². The molecule has 0 radical (unpaired) electrons. The second kappa shape index (κ2) is 9.83. The highest BCUT2D eigenvalue weighted by Crippen LogP contribution is 2.46. The van der Waals surface area contributed by atoms with Crippen LogP contribution in [0.1, 0.15) is 19.4 Å². The first kappa shape index (κ1) is 24.7. The number of imidazole rings is 1. The molecule has 192 valence electrons. The molecular weight excluding hydrogens is 499 g/mol. The number of aromatic nitrogens is 5. The van der Waals surface area contributed by atoms with Crippen molar-refractivity contribution in [2.24, 2.45) is 0 Å². The second-order valence-electron chi connectivity index (χ2n) is 9.17. The fourth-order valence-corrected chi connectivity index (χ4v) is 4.55. The number of pyridine rings is 1. The van der Waals surface area contributed by atoms with E-state index in [4.69, 9.17) is 26.3 Å². The Morgan fingerprint density at radius 2 is 1.95 bits per heavy atom. The minimum atomic E-state index is -0.307. The van der Waals surface area contributed by atoms with Crippen molar-refractivity contribution in [3.05, 3.63) is 65.6 Å². The monoisotopic (exact) mass is 524 g/mol. The molecule has 1 aromatic carbocycles. The zero-order valence-corrected chi connectivity index (χ0v) is 21.3. The van der Waals surface area contributed by atoms with E-state index in [0.29, 0.717) is 53.1 Å². The Labute approximate surface area is 218 Å². The molecule has 0 saturated heterocycles. The number of aliphatic hydroxyl groups excluding tert-OH is 1. The molecule has 0 bridgehead atoms. The van der Waals surface area contributed by atoms with E-state index in [2.05, 4.69) is 34.4 Å². The Morgan fingerprint density at radius 1 is 1.16 bits per heavy atom. The number of fused-ring (bicyclic) bond motifs is 1. The van der Waals surface area contributed by atoms with Gasteiger partial charge in [0.1, 0.15) is 28.9 Å². The molecule has 0 spiro atoms. The highest BCUT2D eigenvalue weighted by atomic mass is 35.5. The average molecular weight is 525 g/mol. The normalized spacial score (nSPS) is 13.9. The summed E-state index contributed by atoms with van der Waals surface area (Å²) in [5, 5.41) is 16.2. The van der Waals surface area contributed by atoms with Crippen LogP contribution in [0.4, 0.5) is 33.3 Å². The van der Waals surface area contributed by atoms with Gasteiger partial charge in [0, 0.05) is 42.0 Å². The average Bonchev–Trinajstić information content (AvgIpc) is 3.43. The highest BCUT2D eigenvalue weighted by Gasteiger charge is 2.40. The molecule has 10 nitrogen and oxygen atoms in total. The van der Waals surface area contributed by atoms with Crippen molar-refractivity contribution in [1.82, 2.24) is 24.5 Å². The summed E-state index contributed by atoms with van der Waals surface area (Å²) in [5.41, 5.74) is 2.03. The van der Waals surface area contributed by atoms with Crippen molar-refractivity contribution < 1.29 is 14.2 Å². The highest BCUT2D eigenvalue weighted by molar-refractivity contribution is 6.29. The maximum absolute atomic E-state index is 13.6. The van der Waals surface area contributed by atoms with Crippen LogP contribution < -0.4 is 20.3 Å². The third-order valence-electron chi connectivity index (χ3n) is 6.02. The molecule has 3 N–H and O–H groups in total. The molecular formula is C25H26ClFN8O2. The number of anilines is 5. The van der Waals surface area contributed by atoms with Gasteiger partial charge in [-0.1, -0.05) is 25.4 Å². The molecule has 3 aromatic heterocycles. The van der Waals surface area contributed by atoms with Crippen molar-refractivity contribution in [3.63, 3.8) is 0 Å². The van der Waals surface area contributed by atoms with Crippen LogP contribution >= 0.6 is 11.6 Å². The Bertz CT molecular complexity index is 1430. The van der Waals surface area contributed by atoms with E-state index in [1.165, 1.54) is 12.1 Å².